The molecule has 0 radical (unpaired) electrons. The highest BCUT2D eigenvalue weighted by atomic mass is 31.3. The van der Waals surface area contributed by atoms with Crippen molar-refractivity contribution >= 4 is 57.7 Å². The Labute approximate surface area is 305 Å². The van der Waals surface area contributed by atoms with E-state index in [1.807, 2.05) is 0 Å². The number of fused-ring (bicyclic) bond motifs is 2. The summed E-state index contributed by atoms with van der Waals surface area (Å²) in [6, 6.07) is 0. The molecule has 4 aromatic rings. The second-order valence-corrected chi connectivity index (χ2v) is 16.5. The van der Waals surface area contributed by atoms with Gasteiger partial charge in [-0.15, -0.1) is 6.58 Å². The number of aryl methyl sites for hydroxylation is 1. The number of nitrogens with zero attached hydrogens (tertiary/aromatic N) is 6. The van der Waals surface area contributed by atoms with E-state index in [4.69, 9.17) is 30.2 Å². The fourth-order valence-corrected chi connectivity index (χ4v) is 9.23. The van der Waals surface area contributed by atoms with Crippen molar-refractivity contribution in [3.8, 4) is 0 Å². The van der Waals surface area contributed by atoms with Crippen LogP contribution in [0.4, 0.5) is 11.9 Å². The number of anilines is 2. The third kappa shape index (κ3) is 8.49. The van der Waals surface area contributed by atoms with Crippen molar-refractivity contribution < 1.29 is 80.1 Å². The molecule has 0 aromatic carbocycles. The Morgan fingerprint density at radius 2 is 1.58 bits per heavy atom. The van der Waals surface area contributed by atoms with Crippen LogP contribution in [-0.4, -0.2) is 116 Å². The van der Waals surface area contributed by atoms with Gasteiger partial charge in [-0.25, -0.2) is 27.3 Å². The zero-order valence-corrected chi connectivity index (χ0v) is 30.6. The number of phosphoric ester groups is 2. The summed E-state index contributed by atoms with van der Waals surface area (Å²) in [4.78, 5) is 73.6. The number of nitrogen functional groups attached to an aromatic ring is 2. The molecule has 6 heterocycles. The fourth-order valence-electron chi connectivity index (χ4n) is 5.77. The number of nitrogens with one attached hydrogen (secondary N) is 2. The number of phosphoric acid groups is 3. The zero-order valence-electron chi connectivity index (χ0n) is 27.9. The summed E-state index contributed by atoms with van der Waals surface area (Å²) in [5, 5.41) is 32.0. The Morgan fingerprint density at radius 3 is 2.22 bits per heavy atom. The number of H-pyrrole nitrogens is 2. The van der Waals surface area contributed by atoms with Crippen molar-refractivity contribution in [2.24, 2.45) is 7.05 Å². The lowest BCUT2D eigenvalue weighted by molar-refractivity contribution is -0.746. The number of aromatic nitrogens is 8. The Balaban J connectivity index is 1.07. The van der Waals surface area contributed by atoms with E-state index >= 15 is 0 Å². The zero-order chi connectivity index (χ0) is 40.2. The minimum Gasteiger partial charge on any atom is -0.756 e. The predicted molar refractivity (Wildman–Crippen MR) is 176 cm³/mol. The maximum atomic E-state index is 12.6. The van der Waals surface area contributed by atoms with Crippen LogP contribution in [0.5, 0.6) is 0 Å². The van der Waals surface area contributed by atoms with Crippen LogP contribution < -0.4 is 32.0 Å². The highest BCUT2D eigenvalue weighted by molar-refractivity contribution is 7.66. The first-order valence-electron chi connectivity index (χ1n) is 15.4. The lowest BCUT2D eigenvalue weighted by Gasteiger charge is -2.26. The monoisotopic (exact) mass is 842 g/mol. The van der Waals surface area contributed by atoms with Gasteiger partial charge in [0.1, 0.15) is 36.6 Å². The summed E-state index contributed by atoms with van der Waals surface area (Å²) in [7, 11) is -16.3. The Bertz CT molecular complexity index is 2370. The topological polar surface area (TPSA) is 410 Å². The van der Waals surface area contributed by atoms with Crippen LogP contribution >= 0.6 is 23.5 Å². The number of aliphatic hydroxyl groups is 3. The van der Waals surface area contributed by atoms with E-state index in [0.717, 1.165) is 10.9 Å². The number of hydrogen-bond donors (Lipinski definition) is 9. The molecular weight excluding hydrogens is 809 g/mol. The molecule has 2 aliphatic heterocycles. The third-order valence-corrected chi connectivity index (χ3v) is 12.3. The number of aliphatic hydroxyl groups excluding tert-OH is 3. The first-order chi connectivity index (χ1) is 25.7. The van der Waals surface area contributed by atoms with Crippen LogP contribution in [-0.2, 0) is 52.6 Å². The van der Waals surface area contributed by atoms with E-state index in [9.17, 15) is 53.3 Å². The minimum atomic E-state index is -6.25. The van der Waals surface area contributed by atoms with Gasteiger partial charge in [0.05, 0.1) is 33.2 Å². The number of ether oxygens (including phenoxy) is 3. The van der Waals surface area contributed by atoms with Gasteiger partial charge >= 0.3 is 21.3 Å². The van der Waals surface area contributed by atoms with Crippen molar-refractivity contribution in [3.63, 3.8) is 0 Å². The fraction of sp³-hybridized carbons (Fsp3) is 0.500. The van der Waals surface area contributed by atoms with Crippen molar-refractivity contribution in [2.75, 3.05) is 31.3 Å². The van der Waals surface area contributed by atoms with Gasteiger partial charge in [-0.1, -0.05) is 11.1 Å². The summed E-state index contributed by atoms with van der Waals surface area (Å²) in [5.41, 5.74) is 9.61. The van der Waals surface area contributed by atoms with E-state index in [1.54, 1.807) is 0 Å². The minimum absolute atomic E-state index is 0.00325. The molecule has 0 saturated carbocycles. The quantitative estimate of drug-likeness (QED) is 0.0313. The summed E-state index contributed by atoms with van der Waals surface area (Å²) < 4.78 is 75.5. The third-order valence-electron chi connectivity index (χ3n) is 8.06. The van der Waals surface area contributed by atoms with Gasteiger partial charge in [0, 0.05) is 0 Å². The smallest absolute Gasteiger partial charge is 0.478 e. The Morgan fingerprint density at radius 1 is 0.982 bits per heavy atom. The Kier molecular flexibility index (Phi) is 11.4. The molecule has 0 aliphatic carbocycles. The van der Waals surface area contributed by atoms with E-state index in [1.165, 1.54) is 28.6 Å². The van der Waals surface area contributed by atoms with E-state index < -0.39 is 96.9 Å². The van der Waals surface area contributed by atoms with Gasteiger partial charge in [-0.2, -0.15) is 4.98 Å². The predicted octanol–water partition coefficient (Wildman–Crippen LogP) is -3.97. The van der Waals surface area contributed by atoms with Crippen molar-refractivity contribution in [2.45, 2.75) is 49.1 Å². The average Bonchev–Trinajstić information content (AvgIpc) is 3.80. The van der Waals surface area contributed by atoms with E-state index in [0.29, 0.717) is 0 Å². The molecule has 11 N–H and O–H groups in total. The van der Waals surface area contributed by atoms with Gasteiger partial charge < -0.3 is 55.7 Å². The molecule has 4 aromatic heterocycles. The van der Waals surface area contributed by atoms with Crippen LogP contribution in [0.25, 0.3) is 22.3 Å². The standard InChI is InChI=1S/C24H33N10O18P3/c1-3-4-46-16-14(36)10(50-22(16)34-8-32(2)12-18(34)29-24(26)31-20(12)39)6-48-54(42,43)52-55(44,45)51-53(40,41)47-5-9-13(35)15(37)21(49-9)33-7-27-11-17(33)28-23(25)30-19(11)38/h3,7-10,13-16,21-22,35-37H,1,4-6H2,2H3,(H8-,25,26,28,29,30,31,38,39,40,41,42,43,44,45)/t9-,10-,13-,14-,15-,16-,21-,22-/m1/s1. The lowest BCUT2D eigenvalue weighted by Crippen LogP contribution is -2.47. The molecule has 302 valence electrons. The number of hydrogen-bond acceptors (Lipinski definition) is 21. The molecule has 11 atom stereocenters. The Hall–Kier alpha value is -3.79. The molecular formula is C24H33N10O18P3. The van der Waals surface area contributed by atoms with Crippen molar-refractivity contribution in [1.82, 2.24) is 34.1 Å². The number of rotatable bonds is 15. The lowest BCUT2D eigenvalue weighted by atomic mass is 10.1. The van der Waals surface area contributed by atoms with Crippen molar-refractivity contribution in [3.05, 3.63) is 46.0 Å². The van der Waals surface area contributed by atoms with Crippen LogP contribution in [0, 0.1) is 0 Å². The second-order valence-electron chi connectivity index (χ2n) is 11.9. The van der Waals surface area contributed by atoms with Crippen LogP contribution in [0.15, 0.2) is 34.9 Å². The van der Waals surface area contributed by atoms with Gasteiger partial charge in [0.25, 0.3) is 24.9 Å². The molecule has 2 aliphatic rings. The molecule has 0 spiro atoms. The van der Waals surface area contributed by atoms with Gasteiger partial charge in [-0.05, 0) is 0 Å². The van der Waals surface area contributed by atoms with E-state index in [-0.39, 0.29) is 40.8 Å². The van der Waals surface area contributed by atoms with E-state index in [2.05, 4.69) is 44.6 Å². The van der Waals surface area contributed by atoms with Crippen LogP contribution in [0.1, 0.15) is 12.5 Å². The summed E-state index contributed by atoms with van der Waals surface area (Å²) in [5.74, 6) is -0.562. The summed E-state index contributed by atoms with van der Waals surface area (Å²) in [6.07, 6.45) is -8.70. The first-order valence-corrected chi connectivity index (χ1v) is 19.9. The molecule has 6 rings (SSSR count). The maximum Gasteiger partial charge on any atom is 0.478 e. The summed E-state index contributed by atoms with van der Waals surface area (Å²) in [6.45, 7) is 1.25. The van der Waals surface area contributed by atoms with Crippen LogP contribution in [0.2, 0.25) is 0 Å². The number of imidazole rings is 2. The molecule has 2 saturated heterocycles. The highest BCUT2D eigenvalue weighted by Crippen LogP contribution is 2.65. The molecule has 0 amide bonds. The summed E-state index contributed by atoms with van der Waals surface area (Å²) >= 11 is 0. The van der Waals surface area contributed by atoms with Crippen molar-refractivity contribution in [1.29, 1.82) is 0 Å². The highest BCUT2D eigenvalue weighted by Gasteiger charge is 2.50. The maximum absolute atomic E-state index is 12.6. The number of aromatic amines is 2. The molecule has 55 heavy (non-hydrogen) atoms. The van der Waals surface area contributed by atoms with Gasteiger partial charge in [0.2, 0.25) is 17.7 Å². The SMILES string of the molecule is C=CCO[C@@H]1[C@H](O)[C@@H](COP(=O)(O)OP(=O)([O-])OP(=O)(O)OC[C@H]2O[C@@H](n3cnc4c(=O)[nH]c(N)nc43)[C@H](O)[C@@H]2O)O[C@H]1[n+]1cn(C)c2c(=O)[nH]c(N)nc21. The second kappa shape index (κ2) is 15.3. The first kappa shape index (κ1) is 40.9. The molecule has 0 bridgehead atoms. The largest absolute Gasteiger partial charge is 0.756 e. The molecule has 2 fully saturated rings. The van der Waals surface area contributed by atoms with Gasteiger partial charge in [-0.3, -0.25) is 42.3 Å². The average molecular weight is 843 g/mol. The normalized spacial score (nSPS) is 29.0. The molecule has 28 nitrogen and oxygen atoms in total. The van der Waals surface area contributed by atoms with Crippen LogP contribution in [0.3, 0.4) is 0 Å². The number of nitrogens with two attached hydrogens (primary N) is 2. The molecule has 31 heteroatoms. The van der Waals surface area contributed by atoms with Gasteiger partial charge in [0.15, 0.2) is 23.7 Å². The molecule has 3 unspecified atom stereocenters.